The number of para-hydroxylation sites is 1. The molecule has 2 aromatic rings. The van der Waals surface area contributed by atoms with Crippen LogP contribution < -0.4 is 5.32 Å². The summed E-state index contributed by atoms with van der Waals surface area (Å²) in [6, 6.07) is 10.5. The highest BCUT2D eigenvalue weighted by Gasteiger charge is 2.07. The van der Waals surface area contributed by atoms with Crippen LogP contribution in [0.15, 0.2) is 42.6 Å². The lowest BCUT2D eigenvalue weighted by Gasteiger charge is -2.11. The molecule has 0 aliphatic carbocycles. The van der Waals surface area contributed by atoms with Gasteiger partial charge in [0.25, 0.3) is 0 Å². The van der Waals surface area contributed by atoms with Crippen molar-refractivity contribution in [2.24, 2.45) is 0 Å². The second-order valence-corrected chi connectivity index (χ2v) is 4.30. The minimum absolute atomic E-state index is 0.245. The maximum atomic E-state index is 13.7. The molecule has 2 N–H and O–H groups in total. The Hall–Kier alpha value is -1.65. The van der Waals surface area contributed by atoms with Gasteiger partial charge < -0.3 is 15.0 Å². The lowest BCUT2D eigenvalue weighted by Crippen LogP contribution is -2.24. The average molecular weight is 248 g/mol. The van der Waals surface area contributed by atoms with Crippen LogP contribution in [0, 0.1) is 5.82 Å². The normalized spacial score (nSPS) is 12.6. The van der Waals surface area contributed by atoms with Crippen molar-refractivity contribution >= 4 is 0 Å². The molecule has 0 saturated heterocycles. The molecule has 0 spiro atoms. The number of hydrogen-bond donors (Lipinski definition) is 2. The van der Waals surface area contributed by atoms with E-state index < -0.39 is 0 Å². The third-order valence-electron chi connectivity index (χ3n) is 2.69. The zero-order chi connectivity index (χ0) is 13.0. The molecule has 96 valence electrons. The Balaban J connectivity index is 2.15. The van der Waals surface area contributed by atoms with Crippen molar-refractivity contribution in [1.82, 2.24) is 9.88 Å². The van der Waals surface area contributed by atoms with Crippen LogP contribution in [0.5, 0.6) is 0 Å². The molecule has 2 rings (SSSR count). The highest BCUT2D eigenvalue weighted by atomic mass is 19.1. The number of halogens is 1. The largest absolute Gasteiger partial charge is 0.392 e. The molecule has 4 heteroatoms. The van der Waals surface area contributed by atoms with Gasteiger partial charge in [0, 0.05) is 25.0 Å². The molecule has 0 aliphatic rings. The third-order valence-corrected chi connectivity index (χ3v) is 2.69. The van der Waals surface area contributed by atoms with Crippen LogP contribution in [0.2, 0.25) is 0 Å². The van der Waals surface area contributed by atoms with Crippen LogP contribution in [-0.4, -0.2) is 22.3 Å². The molecule has 3 nitrogen and oxygen atoms in total. The molecular weight excluding hydrogens is 231 g/mol. The Bertz CT molecular complexity index is 508. The molecule has 1 unspecified atom stereocenters. The maximum Gasteiger partial charge on any atom is 0.147 e. The SMILES string of the molecule is CC(O)CNCc1cccn1-c1ccccc1F. The number of rotatable bonds is 5. The van der Waals surface area contributed by atoms with E-state index in [4.69, 9.17) is 0 Å². The van der Waals surface area contributed by atoms with Gasteiger partial charge in [-0.2, -0.15) is 0 Å². The molecular formula is C14H17FN2O. The fraction of sp³-hybridized carbons (Fsp3) is 0.286. The first-order valence-electron chi connectivity index (χ1n) is 5.98. The van der Waals surface area contributed by atoms with Gasteiger partial charge in [0.1, 0.15) is 5.82 Å². The smallest absolute Gasteiger partial charge is 0.147 e. The van der Waals surface area contributed by atoms with Crippen LogP contribution in [-0.2, 0) is 6.54 Å². The Morgan fingerprint density at radius 1 is 1.28 bits per heavy atom. The number of nitrogens with zero attached hydrogens (tertiary/aromatic N) is 1. The minimum atomic E-state index is -0.387. The first-order valence-corrected chi connectivity index (χ1v) is 5.98. The lowest BCUT2D eigenvalue weighted by molar-refractivity contribution is 0.190. The maximum absolute atomic E-state index is 13.7. The highest BCUT2D eigenvalue weighted by Crippen LogP contribution is 2.16. The summed E-state index contributed by atoms with van der Waals surface area (Å²) in [4.78, 5) is 0. The second-order valence-electron chi connectivity index (χ2n) is 4.30. The highest BCUT2D eigenvalue weighted by molar-refractivity contribution is 5.36. The van der Waals surface area contributed by atoms with E-state index in [0.717, 1.165) is 5.69 Å². The van der Waals surface area contributed by atoms with Gasteiger partial charge in [-0.25, -0.2) is 4.39 Å². The van der Waals surface area contributed by atoms with Crippen molar-refractivity contribution in [1.29, 1.82) is 0 Å². The molecule has 0 amide bonds. The van der Waals surface area contributed by atoms with Gasteiger partial charge in [-0.1, -0.05) is 12.1 Å². The summed E-state index contributed by atoms with van der Waals surface area (Å²) in [5.41, 5.74) is 1.50. The fourth-order valence-corrected chi connectivity index (χ4v) is 1.85. The minimum Gasteiger partial charge on any atom is -0.392 e. The standard InChI is InChI=1S/C14H17FN2O/c1-11(18)9-16-10-12-5-4-8-17(12)14-7-3-2-6-13(14)15/h2-8,11,16,18H,9-10H2,1H3. The third kappa shape index (κ3) is 2.97. The summed E-state index contributed by atoms with van der Waals surface area (Å²) >= 11 is 0. The molecule has 1 atom stereocenters. The van der Waals surface area contributed by atoms with Crippen LogP contribution in [0.3, 0.4) is 0 Å². The van der Waals surface area contributed by atoms with Crippen molar-refractivity contribution in [3.8, 4) is 5.69 Å². The zero-order valence-electron chi connectivity index (χ0n) is 10.3. The molecule has 1 aromatic carbocycles. The van der Waals surface area contributed by atoms with Gasteiger partial charge >= 0.3 is 0 Å². The molecule has 1 aromatic heterocycles. The number of benzene rings is 1. The summed E-state index contributed by atoms with van der Waals surface area (Å²) in [5, 5.41) is 12.3. The Kier molecular flexibility index (Phi) is 4.12. The molecule has 0 bridgehead atoms. The van der Waals surface area contributed by atoms with Crippen molar-refractivity contribution in [3.63, 3.8) is 0 Å². The van der Waals surface area contributed by atoms with Crippen molar-refractivity contribution in [3.05, 3.63) is 54.1 Å². The van der Waals surface area contributed by atoms with Crippen molar-refractivity contribution < 1.29 is 9.50 Å². The van der Waals surface area contributed by atoms with E-state index in [-0.39, 0.29) is 11.9 Å². The van der Waals surface area contributed by atoms with Crippen molar-refractivity contribution in [2.75, 3.05) is 6.54 Å². The van der Waals surface area contributed by atoms with E-state index in [1.54, 1.807) is 19.1 Å². The van der Waals surface area contributed by atoms with Gasteiger partial charge in [-0.15, -0.1) is 0 Å². The predicted molar refractivity (Wildman–Crippen MR) is 69.1 cm³/mol. The molecule has 1 heterocycles. The summed E-state index contributed by atoms with van der Waals surface area (Å²) in [6.07, 6.45) is 1.44. The summed E-state index contributed by atoms with van der Waals surface area (Å²) in [5.74, 6) is -0.245. The fourth-order valence-electron chi connectivity index (χ4n) is 1.85. The van der Waals surface area contributed by atoms with Crippen LogP contribution >= 0.6 is 0 Å². The molecule has 0 aliphatic heterocycles. The van der Waals surface area contributed by atoms with Crippen LogP contribution in [0.1, 0.15) is 12.6 Å². The average Bonchev–Trinajstić information content (AvgIpc) is 2.77. The zero-order valence-corrected chi connectivity index (χ0v) is 10.3. The second kappa shape index (κ2) is 5.80. The number of hydrogen-bond acceptors (Lipinski definition) is 2. The number of aliphatic hydroxyl groups excluding tert-OH is 1. The first kappa shape index (κ1) is 12.8. The lowest BCUT2D eigenvalue weighted by atomic mass is 10.3. The summed E-state index contributed by atoms with van der Waals surface area (Å²) < 4.78 is 15.5. The molecule has 0 saturated carbocycles. The number of aromatic nitrogens is 1. The molecule has 0 fully saturated rings. The molecule has 0 radical (unpaired) electrons. The first-order chi connectivity index (χ1) is 8.68. The van der Waals surface area contributed by atoms with Gasteiger partial charge in [-0.05, 0) is 31.2 Å². The van der Waals surface area contributed by atoms with Crippen LogP contribution in [0.4, 0.5) is 4.39 Å². The van der Waals surface area contributed by atoms with E-state index in [1.807, 2.05) is 29.0 Å². The number of nitrogens with one attached hydrogen (secondary N) is 1. The van der Waals surface area contributed by atoms with Gasteiger partial charge in [0.05, 0.1) is 11.8 Å². The van der Waals surface area contributed by atoms with E-state index >= 15 is 0 Å². The quantitative estimate of drug-likeness (QED) is 0.850. The summed E-state index contributed by atoms with van der Waals surface area (Å²) in [6.45, 7) is 2.83. The van der Waals surface area contributed by atoms with Gasteiger partial charge in [0.2, 0.25) is 0 Å². The van der Waals surface area contributed by atoms with Gasteiger partial charge in [-0.3, -0.25) is 0 Å². The topological polar surface area (TPSA) is 37.2 Å². The predicted octanol–water partition coefficient (Wildman–Crippen LogP) is 2.09. The number of aliphatic hydroxyl groups is 1. The van der Waals surface area contributed by atoms with E-state index in [1.165, 1.54) is 6.07 Å². The van der Waals surface area contributed by atoms with Crippen LogP contribution in [0.25, 0.3) is 5.69 Å². The monoisotopic (exact) mass is 248 g/mol. The van der Waals surface area contributed by atoms with E-state index in [0.29, 0.717) is 18.8 Å². The van der Waals surface area contributed by atoms with Gasteiger partial charge in [0.15, 0.2) is 0 Å². The molecule has 18 heavy (non-hydrogen) atoms. The Labute approximate surface area is 106 Å². The van der Waals surface area contributed by atoms with E-state index in [9.17, 15) is 9.50 Å². The Morgan fingerprint density at radius 3 is 2.78 bits per heavy atom. The Morgan fingerprint density at radius 2 is 2.06 bits per heavy atom. The van der Waals surface area contributed by atoms with Crippen molar-refractivity contribution in [2.45, 2.75) is 19.6 Å². The summed E-state index contributed by atoms with van der Waals surface area (Å²) in [7, 11) is 0. The van der Waals surface area contributed by atoms with E-state index in [2.05, 4.69) is 5.32 Å².